The maximum absolute atomic E-state index is 13.4. The molecule has 0 radical (unpaired) electrons. The van der Waals surface area contributed by atoms with Crippen molar-refractivity contribution in [3.63, 3.8) is 0 Å². The van der Waals surface area contributed by atoms with E-state index in [1.165, 1.54) is 0 Å². The molecule has 0 heterocycles. The minimum Gasteiger partial charge on any atom is -0.399 e. The molecule has 3 heteroatoms. The molecule has 1 aromatic carbocycles. The van der Waals surface area contributed by atoms with Crippen LogP contribution in [0, 0.1) is 0 Å². The first kappa shape index (κ1) is 8.27. The van der Waals surface area contributed by atoms with Crippen LogP contribution in [0.2, 0.25) is 13.1 Å². The van der Waals surface area contributed by atoms with Crippen LogP contribution in [0.15, 0.2) is 24.3 Å². The van der Waals surface area contributed by atoms with Gasteiger partial charge in [0.2, 0.25) is 0 Å². The van der Waals surface area contributed by atoms with Gasteiger partial charge in [-0.25, -0.2) is 0 Å². The molecule has 0 saturated heterocycles. The van der Waals surface area contributed by atoms with Gasteiger partial charge in [-0.15, -0.1) is 0 Å². The van der Waals surface area contributed by atoms with Gasteiger partial charge in [0.05, 0.1) is 0 Å². The Morgan fingerprint density at radius 1 is 1.18 bits per heavy atom. The smallest absolute Gasteiger partial charge is 0.271 e. The van der Waals surface area contributed by atoms with E-state index in [2.05, 4.69) is 0 Å². The average molecular weight is 169 g/mol. The van der Waals surface area contributed by atoms with E-state index >= 15 is 0 Å². The summed E-state index contributed by atoms with van der Waals surface area (Å²) in [6.07, 6.45) is 0. The van der Waals surface area contributed by atoms with Crippen LogP contribution in [0.5, 0.6) is 0 Å². The van der Waals surface area contributed by atoms with Crippen LogP contribution in [0.1, 0.15) is 0 Å². The minimum absolute atomic E-state index is 0.687. The number of nitrogen functional groups attached to an aromatic ring is 1. The van der Waals surface area contributed by atoms with Gasteiger partial charge in [0, 0.05) is 5.69 Å². The predicted molar refractivity (Wildman–Crippen MR) is 49.1 cm³/mol. The molecule has 1 aromatic rings. The summed E-state index contributed by atoms with van der Waals surface area (Å²) in [7, 11) is -2.61. The lowest BCUT2D eigenvalue weighted by atomic mass is 10.3. The molecule has 0 saturated carbocycles. The van der Waals surface area contributed by atoms with Crippen molar-refractivity contribution in [1.82, 2.24) is 0 Å². The third kappa shape index (κ3) is 2.05. The summed E-state index contributed by atoms with van der Waals surface area (Å²) in [5.41, 5.74) is 6.15. The molecule has 1 rings (SSSR count). The monoisotopic (exact) mass is 169 g/mol. The van der Waals surface area contributed by atoms with Gasteiger partial charge in [0.15, 0.2) is 0 Å². The molecule has 0 amide bonds. The number of benzene rings is 1. The van der Waals surface area contributed by atoms with Crippen LogP contribution in [-0.4, -0.2) is 8.41 Å². The van der Waals surface area contributed by atoms with Crippen LogP contribution in [0.3, 0.4) is 0 Å². The molecule has 0 aliphatic rings. The first-order valence-corrected chi connectivity index (χ1v) is 6.43. The molecular weight excluding hydrogens is 157 g/mol. The molecule has 0 atom stereocenters. The lowest BCUT2D eigenvalue weighted by Gasteiger charge is -2.10. The van der Waals surface area contributed by atoms with Crippen molar-refractivity contribution in [1.29, 1.82) is 0 Å². The van der Waals surface area contributed by atoms with E-state index in [1.54, 1.807) is 37.4 Å². The molecule has 0 aromatic heterocycles. The Hall–Kier alpha value is -0.833. The van der Waals surface area contributed by atoms with Crippen LogP contribution in [0.25, 0.3) is 0 Å². The fourth-order valence-corrected chi connectivity index (χ4v) is 1.84. The first-order valence-electron chi connectivity index (χ1n) is 3.55. The average Bonchev–Trinajstić information content (AvgIpc) is 1.86. The van der Waals surface area contributed by atoms with Gasteiger partial charge in [-0.3, -0.25) is 0 Å². The SMILES string of the molecule is C[Si](C)(F)c1ccc(N)cc1. The first-order chi connectivity index (χ1) is 5.00. The van der Waals surface area contributed by atoms with Gasteiger partial charge >= 0.3 is 0 Å². The van der Waals surface area contributed by atoms with E-state index in [-0.39, 0.29) is 0 Å². The van der Waals surface area contributed by atoms with Crippen molar-refractivity contribution in [3.8, 4) is 0 Å². The van der Waals surface area contributed by atoms with Gasteiger partial charge in [0.25, 0.3) is 8.41 Å². The highest BCUT2D eigenvalue weighted by Crippen LogP contribution is 2.06. The summed E-state index contributed by atoms with van der Waals surface area (Å²) >= 11 is 0. The van der Waals surface area contributed by atoms with Crippen molar-refractivity contribution < 1.29 is 4.11 Å². The molecule has 0 aliphatic heterocycles. The lowest BCUT2D eigenvalue weighted by molar-refractivity contribution is 0.822. The van der Waals surface area contributed by atoms with E-state index in [4.69, 9.17) is 5.73 Å². The Labute approximate surface area is 67.2 Å². The molecule has 1 nitrogen and oxygen atoms in total. The Morgan fingerprint density at radius 3 is 2.00 bits per heavy atom. The van der Waals surface area contributed by atoms with E-state index in [0.717, 1.165) is 5.19 Å². The number of rotatable bonds is 1. The highest BCUT2D eigenvalue weighted by Gasteiger charge is 2.22. The Balaban J connectivity index is 2.99. The van der Waals surface area contributed by atoms with Crippen LogP contribution < -0.4 is 10.9 Å². The normalized spacial score (nSPS) is 11.5. The lowest BCUT2D eigenvalue weighted by Crippen LogP contribution is -2.35. The summed E-state index contributed by atoms with van der Waals surface area (Å²) in [6, 6.07) is 7.01. The Kier molecular flexibility index (Phi) is 2.00. The van der Waals surface area contributed by atoms with E-state index in [1.807, 2.05) is 0 Å². The highest BCUT2D eigenvalue weighted by atomic mass is 28.4. The summed E-state index contributed by atoms with van der Waals surface area (Å²) in [6.45, 7) is 3.33. The Bertz CT molecular complexity index is 237. The quantitative estimate of drug-likeness (QED) is 0.386. The predicted octanol–water partition coefficient (Wildman–Crippen LogP) is 1.65. The second-order valence-corrected chi connectivity index (χ2v) is 6.62. The van der Waals surface area contributed by atoms with Gasteiger partial charge in [-0.1, -0.05) is 12.1 Å². The third-order valence-corrected chi connectivity index (χ3v) is 3.30. The summed E-state index contributed by atoms with van der Waals surface area (Å²) < 4.78 is 13.4. The van der Waals surface area contributed by atoms with Gasteiger partial charge in [-0.05, 0) is 30.4 Å². The fourth-order valence-electron chi connectivity index (χ4n) is 0.879. The van der Waals surface area contributed by atoms with Gasteiger partial charge < -0.3 is 9.84 Å². The van der Waals surface area contributed by atoms with Crippen LogP contribution >= 0.6 is 0 Å². The summed E-state index contributed by atoms with van der Waals surface area (Å²) in [5.74, 6) is 0. The molecular formula is C8H12FNSi. The van der Waals surface area contributed by atoms with E-state index in [0.29, 0.717) is 5.69 Å². The highest BCUT2D eigenvalue weighted by molar-refractivity contribution is 6.83. The van der Waals surface area contributed by atoms with Crippen molar-refractivity contribution in [2.75, 3.05) is 5.73 Å². The van der Waals surface area contributed by atoms with E-state index in [9.17, 15) is 4.11 Å². The number of anilines is 1. The summed E-state index contributed by atoms with van der Waals surface area (Å²) in [5, 5.41) is 0.798. The molecule has 0 aliphatic carbocycles. The fraction of sp³-hybridized carbons (Fsp3) is 0.250. The zero-order valence-electron chi connectivity index (χ0n) is 6.76. The molecule has 2 N–H and O–H groups in total. The van der Waals surface area contributed by atoms with Gasteiger partial charge in [0.1, 0.15) is 0 Å². The standard InChI is InChI=1S/C8H12FNSi/c1-11(2,9)8-5-3-7(10)4-6-8/h3-6H,10H2,1-2H3. The molecule has 0 spiro atoms. The molecule has 0 bridgehead atoms. The van der Waals surface area contributed by atoms with Crippen molar-refractivity contribution in [2.45, 2.75) is 13.1 Å². The second-order valence-electron chi connectivity index (χ2n) is 3.09. The number of hydrogen-bond acceptors (Lipinski definition) is 1. The van der Waals surface area contributed by atoms with Crippen LogP contribution in [0.4, 0.5) is 9.80 Å². The Morgan fingerprint density at radius 2 is 1.64 bits per heavy atom. The number of nitrogens with two attached hydrogens (primary N) is 1. The number of halogens is 1. The zero-order valence-corrected chi connectivity index (χ0v) is 7.76. The van der Waals surface area contributed by atoms with Crippen molar-refractivity contribution >= 4 is 19.3 Å². The van der Waals surface area contributed by atoms with E-state index < -0.39 is 8.41 Å². The van der Waals surface area contributed by atoms with Crippen molar-refractivity contribution in [3.05, 3.63) is 24.3 Å². The van der Waals surface area contributed by atoms with Crippen molar-refractivity contribution in [2.24, 2.45) is 0 Å². The maximum atomic E-state index is 13.4. The second kappa shape index (κ2) is 2.66. The molecule has 0 unspecified atom stereocenters. The largest absolute Gasteiger partial charge is 0.399 e. The van der Waals surface area contributed by atoms with Gasteiger partial charge in [-0.2, -0.15) is 0 Å². The molecule has 11 heavy (non-hydrogen) atoms. The topological polar surface area (TPSA) is 26.0 Å². The minimum atomic E-state index is -2.61. The van der Waals surface area contributed by atoms with Crippen LogP contribution in [-0.2, 0) is 0 Å². The summed E-state index contributed by atoms with van der Waals surface area (Å²) in [4.78, 5) is 0. The zero-order chi connectivity index (χ0) is 8.48. The number of hydrogen-bond donors (Lipinski definition) is 1. The maximum Gasteiger partial charge on any atom is 0.271 e. The molecule has 60 valence electrons. The molecule has 0 fully saturated rings. The third-order valence-electron chi connectivity index (χ3n) is 1.60.